The average Bonchev–Trinajstić information content (AvgIpc) is 1.00. The highest BCUT2D eigenvalue weighted by Crippen LogP contribution is 2.34. The van der Waals surface area contributed by atoms with Crippen molar-refractivity contribution in [2.24, 2.45) is 11.8 Å². The van der Waals surface area contributed by atoms with Gasteiger partial charge in [0.2, 0.25) is 35.5 Å². The van der Waals surface area contributed by atoms with Gasteiger partial charge in [0.1, 0.15) is 0 Å². The lowest BCUT2D eigenvalue weighted by Crippen LogP contribution is -2.47. The number of likely N-dealkylation sites (tertiary alicyclic amines) is 2. The summed E-state index contributed by atoms with van der Waals surface area (Å²) < 4.78 is 17.4. The zero-order valence-corrected chi connectivity index (χ0v) is 54.1. The molecule has 10 rings (SSSR count). The minimum absolute atomic E-state index is 0.0123. The fourth-order valence-electron chi connectivity index (χ4n) is 11.3. The molecule has 6 aromatic rings. The zero-order chi connectivity index (χ0) is 63.5. The summed E-state index contributed by atoms with van der Waals surface area (Å²) in [6.07, 6.45) is 11.2. The molecule has 0 saturated carbocycles. The van der Waals surface area contributed by atoms with E-state index in [4.69, 9.17) is 75.7 Å². The van der Waals surface area contributed by atoms with Crippen molar-refractivity contribution in [1.29, 1.82) is 0 Å². The summed E-state index contributed by atoms with van der Waals surface area (Å²) in [6.45, 7) is 19.4. The molecule has 22 nitrogen and oxygen atoms in total. The van der Waals surface area contributed by atoms with Gasteiger partial charge in [-0.3, -0.25) is 38.8 Å². The lowest BCUT2D eigenvalue weighted by molar-refractivity contribution is -0.143. The van der Waals surface area contributed by atoms with Crippen molar-refractivity contribution in [2.45, 2.75) is 72.4 Å². The number of carboxylic acid groups (broad SMARTS) is 1. The maximum Gasteiger partial charge on any atom is 0.307 e. The standard InChI is InChI=1S/C33H41Cl2N7O4.C31H37Cl2N7O4/c1-3-45-32(44)6-9-40-10-12-42(13-11-40)33-37-20-29(21-38-33)46-31-15-25(14-30(39-31)26-16-27(34)18-28(35)17-26)22-41-7-4-24(5-8-41)19-36-23(2)43;1-21(41)34-17-22-2-5-39(6-3-22)20-23-12-28(24-14-25(32)16-26(33)15-24)37-29(13-23)44-27-18-35-31(36-19-27)40-10-8-38(9-11-40)7-4-30(42)43/h14-18,20-21,24H,3-13,19,22H2,1-2H3,(H,36,43);12-16,18-19,22H,2-11,17,20H2,1H3,(H,34,41)(H,42,43). The van der Waals surface area contributed by atoms with Crippen LogP contribution in [0.1, 0.15) is 70.4 Å². The smallest absolute Gasteiger partial charge is 0.307 e. The first-order valence-corrected chi connectivity index (χ1v) is 32.2. The summed E-state index contributed by atoms with van der Waals surface area (Å²) in [6, 6.07) is 18.7. The van der Waals surface area contributed by atoms with Crippen LogP contribution in [0.4, 0.5) is 11.9 Å². The minimum atomic E-state index is -0.783. The third-order valence-corrected chi connectivity index (χ3v) is 17.0. The SMILES string of the molecule is CC(=O)NCC1CCN(Cc2cc(Oc3cnc(N4CCN(CCC(=O)O)CC4)nc3)nc(-c3cc(Cl)cc(Cl)c3)c2)CC1.CCOC(=O)CCN1CCN(c2ncc(Oc3cc(CN4CCC(CNC(C)=O)CC4)cc(-c4cc(Cl)cc(Cl)c4)n3)cn2)CC1. The van der Waals surface area contributed by atoms with Crippen molar-refractivity contribution in [2.75, 3.05) is 121 Å². The van der Waals surface area contributed by atoms with Gasteiger partial charge in [-0.25, -0.2) is 29.9 Å². The second kappa shape index (κ2) is 33.3. The number of ether oxygens (including phenoxy) is 3. The first-order chi connectivity index (χ1) is 43.4. The fourth-order valence-corrected chi connectivity index (χ4v) is 12.3. The molecule has 4 aromatic heterocycles. The predicted octanol–water partition coefficient (Wildman–Crippen LogP) is 9.64. The highest BCUT2D eigenvalue weighted by Gasteiger charge is 2.25. The molecule has 3 N–H and O–H groups in total. The number of halogens is 4. The number of hydrogen-bond acceptors (Lipinski definition) is 19. The molecule has 2 aromatic carbocycles. The quantitative estimate of drug-likeness (QED) is 0.0506. The van der Waals surface area contributed by atoms with E-state index in [-0.39, 0.29) is 24.2 Å². The first kappa shape index (κ1) is 67.4. The van der Waals surface area contributed by atoms with Crippen LogP contribution < -0.4 is 29.9 Å². The molecule has 4 aliphatic rings. The third kappa shape index (κ3) is 21.3. The number of carbonyl (C=O) groups is 4. The Morgan fingerprint density at radius 2 is 0.889 bits per heavy atom. The lowest BCUT2D eigenvalue weighted by Gasteiger charge is -2.34. The van der Waals surface area contributed by atoms with Gasteiger partial charge in [0.15, 0.2) is 11.5 Å². The van der Waals surface area contributed by atoms with E-state index in [9.17, 15) is 19.2 Å². The predicted molar refractivity (Wildman–Crippen MR) is 348 cm³/mol. The van der Waals surface area contributed by atoms with Crippen LogP contribution in [0.5, 0.6) is 23.3 Å². The number of benzene rings is 2. The summed E-state index contributed by atoms with van der Waals surface area (Å²) in [7, 11) is 0. The molecule has 0 radical (unpaired) electrons. The third-order valence-electron chi connectivity index (χ3n) is 16.1. The first-order valence-electron chi connectivity index (χ1n) is 30.6. The van der Waals surface area contributed by atoms with Gasteiger partial charge < -0.3 is 39.8 Å². The zero-order valence-electron chi connectivity index (χ0n) is 51.1. The Kier molecular flexibility index (Phi) is 25.0. The number of nitrogens with one attached hydrogen (secondary N) is 2. The molecular formula is C64H78Cl4N14O8. The topological polar surface area (TPSA) is 237 Å². The van der Waals surface area contributed by atoms with Crippen LogP contribution in [0.3, 0.4) is 0 Å². The van der Waals surface area contributed by atoms with Gasteiger partial charge in [0.25, 0.3) is 0 Å². The number of aromatic nitrogens is 6. The van der Waals surface area contributed by atoms with Crippen LogP contribution in [0.2, 0.25) is 20.1 Å². The number of hydrogen-bond donors (Lipinski definition) is 3. The molecule has 0 unspecified atom stereocenters. The minimum Gasteiger partial charge on any atom is -0.481 e. The number of anilines is 2. The maximum atomic E-state index is 11.7. The van der Waals surface area contributed by atoms with E-state index in [1.807, 2.05) is 55.5 Å². The van der Waals surface area contributed by atoms with Crippen molar-refractivity contribution in [3.63, 3.8) is 0 Å². The largest absolute Gasteiger partial charge is 0.481 e. The molecule has 480 valence electrons. The van der Waals surface area contributed by atoms with Crippen LogP contribution >= 0.6 is 46.4 Å². The molecule has 0 spiro atoms. The van der Waals surface area contributed by atoms with E-state index >= 15 is 0 Å². The summed E-state index contributed by atoms with van der Waals surface area (Å²) in [5.41, 5.74) is 5.08. The number of esters is 1. The Morgan fingerprint density at radius 3 is 1.24 bits per heavy atom. The van der Waals surface area contributed by atoms with Crippen molar-refractivity contribution in [3.05, 3.63) is 117 Å². The molecule has 2 amide bonds. The number of carbonyl (C=O) groups excluding carboxylic acids is 3. The van der Waals surface area contributed by atoms with Gasteiger partial charge in [0.05, 0.1) is 55.6 Å². The number of piperidine rings is 2. The normalized spacial score (nSPS) is 16.4. The Bertz CT molecular complexity index is 3320. The van der Waals surface area contributed by atoms with Crippen molar-refractivity contribution in [3.8, 4) is 45.8 Å². The van der Waals surface area contributed by atoms with Gasteiger partial charge in [-0.1, -0.05) is 46.4 Å². The summed E-state index contributed by atoms with van der Waals surface area (Å²) >= 11 is 25.3. The average molecular weight is 1310 g/mol. The molecule has 4 saturated heterocycles. The molecule has 90 heavy (non-hydrogen) atoms. The van der Waals surface area contributed by atoms with E-state index in [1.165, 1.54) is 0 Å². The molecular weight excluding hydrogens is 1230 g/mol. The maximum absolute atomic E-state index is 11.7. The van der Waals surface area contributed by atoms with E-state index in [1.54, 1.807) is 50.8 Å². The second-order valence-corrected chi connectivity index (χ2v) is 24.8. The van der Waals surface area contributed by atoms with E-state index < -0.39 is 5.97 Å². The Hall–Kier alpha value is -7.02. The molecule has 0 atom stereocenters. The van der Waals surface area contributed by atoms with Crippen LogP contribution in [-0.4, -0.2) is 190 Å². The van der Waals surface area contributed by atoms with Crippen molar-refractivity contribution < 1.29 is 38.5 Å². The van der Waals surface area contributed by atoms with Crippen molar-refractivity contribution in [1.82, 2.24) is 60.1 Å². The number of nitrogens with zero attached hydrogens (tertiary/aromatic N) is 12. The van der Waals surface area contributed by atoms with Crippen LogP contribution in [0.25, 0.3) is 22.5 Å². The summed E-state index contributed by atoms with van der Waals surface area (Å²) in [4.78, 5) is 86.4. The van der Waals surface area contributed by atoms with E-state index in [0.717, 1.165) is 153 Å². The number of carboxylic acids is 1. The summed E-state index contributed by atoms with van der Waals surface area (Å²) in [5.74, 6) is 3.09. The van der Waals surface area contributed by atoms with E-state index in [2.05, 4.69) is 60.0 Å². The van der Waals surface area contributed by atoms with Crippen LogP contribution in [0, 0.1) is 11.8 Å². The highest BCUT2D eigenvalue weighted by atomic mass is 35.5. The second-order valence-electron chi connectivity index (χ2n) is 23.0. The van der Waals surface area contributed by atoms with Crippen LogP contribution in [0.15, 0.2) is 85.5 Å². The monoisotopic (exact) mass is 1310 g/mol. The molecule has 26 heteroatoms. The van der Waals surface area contributed by atoms with Gasteiger partial charge in [-0.05, 0) is 130 Å². The summed E-state index contributed by atoms with van der Waals surface area (Å²) in [5, 5.41) is 16.9. The number of piperazine rings is 2. The van der Waals surface area contributed by atoms with E-state index in [0.29, 0.717) is 105 Å². The van der Waals surface area contributed by atoms with Gasteiger partial charge in [-0.2, -0.15) is 0 Å². The fraction of sp³-hybridized carbons (Fsp3) is 0.469. The molecule has 0 bridgehead atoms. The number of amides is 2. The Balaban J connectivity index is 0.000000214. The Labute approximate surface area is 545 Å². The Morgan fingerprint density at radius 1 is 0.511 bits per heavy atom. The number of aliphatic carboxylic acids is 1. The number of rotatable bonds is 23. The molecule has 0 aliphatic carbocycles. The molecule has 8 heterocycles. The molecule has 4 fully saturated rings. The highest BCUT2D eigenvalue weighted by molar-refractivity contribution is 6.35. The van der Waals surface area contributed by atoms with Gasteiger partial charge in [0, 0.05) is 149 Å². The lowest BCUT2D eigenvalue weighted by atomic mass is 9.96. The van der Waals surface area contributed by atoms with Gasteiger partial charge >= 0.3 is 11.9 Å². The van der Waals surface area contributed by atoms with Crippen molar-refractivity contribution >= 4 is 82.1 Å². The van der Waals surface area contributed by atoms with Crippen LogP contribution in [-0.2, 0) is 37.0 Å². The molecule has 4 aliphatic heterocycles. The number of pyridine rings is 2. The van der Waals surface area contributed by atoms with Gasteiger partial charge in [-0.15, -0.1) is 0 Å².